The van der Waals surface area contributed by atoms with E-state index >= 15 is 0 Å². The Morgan fingerprint density at radius 2 is 1.89 bits per heavy atom. The molecule has 0 saturated heterocycles. The van der Waals surface area contributed by atoms with Crippen LogP contribution in [0.4, 0.5) is 22.0 Å². The summed E-state index contributed by atoms with van der Waals surface area (Å²) in [4.78, 5) is 11.8. The maximum absolute atomic E-state index is 14.7. The normalized spacial score (nSPS) is 21.9. The predicted molar refractivity (Wildman–Crippen MR) is 120 cm³/mol. The number of hydrogen-bond donors (Lipinski definition) is 1. The third kappa shape index (κ3) is 5.77. The molecule has 35 heavy (non-hydrogen) atoms. The Hall–Kier alpha value is -3.09. The van der Waals surface area contributed by atoms with Gasteiger partial charge in [0.25, 0.3) is 0 Å². The van der Waals surface area contributed by atoms with E-state index in [1.807, 2.05) is 0 Å². The van der Waals surface area contributed by atoms with Crippen molar-refractivity contribution in [1.82, 2.24) is 9.97 Å². The maximum atomic E-state index is 14.7. The van der Waals surface area contributed by atoms with Crippen LogP contribution in [0.2, 0.25) is 0 Å². The van der Waals surface area contributed by atoms with E-state index in [4.69, 9.17) is 10.5 Å². The molecule has 0 radical (unpaired) electrons. The highest BCUT2D eigenvalue weighted by Gasteiger charge is 2.49. The summed E-state index contributed by atoms with van der Waals surface area (Å²) < 4.78 is 95.0. The first-order valence-electron chi connectivity index (χ1n) is 10.3. The van der Waals surface area contributed by atoms with Crippen molar-refractivity contribution in [3.63, 3.8) is 0 Å². The average molecular weight is 519 g/mol. The lowest BCUT2D eigenvalue weighted by molar-refractivity contribution is -0.139. The third-order valence-electron chi connectivity index (χ3n) is 5.61. The van der Waals surface area contributed by atoms with Gasteiger partial charge in [0, 0.05) is 5.56 Å². The second-order valence-electron chi connectivity index (χ2n) is 8.73. The molecule has 0 spiro atoms. The first-order chi connectivity index (χ1) is 16.0. The van der Waals surface area contributed by atoms with Crippen LogP contribution in [0, 0.1) is 5.82 Å². The molecular formula is C22H23F5N4O3S. The van der Waals surface area contributed by atoms with E-state index in [0.717, 1.165) is 24.5 Å². The fourth-order valence-electron chi connectivity index (χ4n) is 3.33. The second-order valence-corrected chi connectivity index (χ2v) is 11.3. The first kappa shape index (κ1) is 26.5. The van der Waals surface area contributed by atoms with E-state index in [-0.39, 0.29) is 28.5 Å². The van der Waals surface area contributed by atoms with Gasteiger partial charge in [-0.05, 0) is 44.5 Å². The third-order valence-corrected chi connectivity index (χ3v) is 8.31. The topological polar surface area (TPSA) is 108 Å². The van der Waals surface area contributed by atoms with Crippen molar-refractivity contribution in [2.75, 3.05) is 12.4 Å². The van der Waals surface area contributed by atoms with Crippen molar-refractivity contribution < 1.29 is 35.1 Å². The molecule has 2 N–H and O–H groups in total. The molecule has 190 valence electrons. The van der Waals surface area contributed by atoms with Crippen LogP contribution in [-0.4, -0.2) is 47.5 Å². The second kappa shape index (κ2) is 9.17. The Balaban J connectivity index is 1.86. The minimum atomic E-state index is -4.39. The highest BCUT2D eigenvalue weighted by Crippen LogP contribution is 2.38. The van der Waals surface area contributed by atoms with Crippen LogP contribution in [0.25, 0.3) is 11.9 Å². The SMILES string of the molecule is CC1(C)C(N)=N[C@](C)(c2cc(/C=C(\F)c3cnc(OCCC(F)(F)F)cn3)ccc2F)CS1(=O)=O. The molecule has 0 amide bonds. The molecule has 2 aromatic rings. The zero-order valence-electron chi connectivity index (χ0n) is 19.0. The van der Waals surface area contributed by atoms with Crippen LogP contribution in [0.3, 0.4) is 0 Å². The van der Waals surface area contributed by atoms with Crippen LogP contribution in [0.15, 0.2) is 35.6 Å². The molecule has 0 aliphatic carbocycles. The Labute approximate surface area is 198 Å². The van der Waals surface area contributed by atoms with Gasteiger partial charge in [-0.3, -0.25) is 4.99 Å². The molecule has 2 heterocycles. The molecule has 1 aromatic carbocycles. The minimum absolute atomic E-state index is 0.0828. The molecule has 1 aliphatic rings. The summed E-state index contributed by atoms with van der Waals surface area (Å²) in [6.45, 7) is 3.60. The maximum Gasteiger partial charge on any atom is 0.392 e. The predicted octanol–water partition coefficient (Wildman–Crippen LogP) is 4.19. The summed E-state index contributed by atoms with van der Waals surface area (Å²) >= 11 is 0. The number of nitrogens with zero attached hydrogens (tertiary/aromatic N) is 3. The molecular weight excluding hydrogens is 495 g/mol. The number of nitrogens with two attached hydrogens (primary N) is 1. The van der Waals surface area contributed by atoms with Crippen molar-refractivity contribution in [2.24, 2.45) is 10.7 Å². The number of benzene rings is 1. The van der Waals surface area contributed by atoms with Crippen molar-refractivity contribution in [3.8, 4) is 5.88 Å². The van der Waals surface area contributed by atoms with Gasteiger partial charge in [-0.25, -0.2) is 27.2 Å². The monoisotopic (exact) mass is 518 g/mol. The van der Waals surface area contributed by atoms with Crippen LogP contribution >= 0.6 is 0 Å². The van der Waals surface area contributed by atoms with Crippen LogP contribution < -0.4 is 10.5 Å². The summed E-state index contributed by atoms with van der Waals surface area (Å²) in [6.07, 6.45) is -2.59. The van der Waals surface area contributed by atoms with Crippen LogP contribution in [0.1, 0.15) is 44.0 Å². The molecule has 0 saturated carbocycles. The van der Waals surface area contributed by atoms with Crippen molar-refractivity contribution in [3.05, 3.63) is 53.2 Å². The van der Waals surface area contributed by atoms with Gasteiger partial charge < -0.3 is 10.5 Å². The van der Waals surface area contributed by atoms with Gasteiger partial charge >= 0.3 is 6.18 Å². The number of amidine groups is 1. The highest BCUT2D eigenvalue weighted by atomic mass is 32.2. The van der Waals surface area contributed by atoms with E-state index in [9.17, 15) is 30.4 Å². The molecule has 0 bridgehead atoms. The van der Waals surface area contributed by atoms with E-state index in [1.165, 1.54) is 32.9 Å². The number of halogens is 5. The molecule has 1 atom stereocenters. The quantitative estimate of drug-likeness (QED) is 0.575. The highest BCUT2D eigenvalue weighted by molar-refractivity contribution is 7.93. The summed E-state index contributed by atoms with van der Waals surface area (Å²) in [5.41, 5.74) is 4.24. The number of ether oxygens (including phenoxy) is 1. The Kier molecular flexibility index (Phi) is 6.95. The van der Waals surface area contributed by atoms with Crippen molar-refractivity contribution in [2.45, 2.75) is 43.7 Å². The number of rotatable bonds is 6. The van der Waals surface area contributed by atoms with E-state index < -0.39 is 56.7 Å². The fourth-order valence-corrected chi connectivity index (χ4v) is 5.02. The summed E-state index contributed by atoms with van der Waals surface area (Å²) in [5.74, 6) is -2.48. The van der Waals surface area contributed by atoms with Crippen LogP contribution in [-0.2, 0) is 15.4 Å². The molecule has 13 heteroatoms. The molecule has 0 unspecified atom stereocenters. The molecule has 1 aliphatic heterocycles. The number of aromatic nitrogens is 2. The minimum Gasteiger partial charge on any atom is -0.476 e. The summed E-state index contributed by atoms with van der Waals surface area (Å²) in [6, 6.07) is 3.60. The standard InChI is InChI=1S/C22H23F5N4O3S/c1-20(2)19(28)31-21(3,12-35(20,32)33)14-8-13(4-5-15(14)23)9-16(24)17-10-30-18(11-29-17)34-7-6-22(25,26)27/h4-5,8-11H,6-7,12H2,1-3H3,(H2,28,31)/b16-9-/t21-/m0/s1. The fraction of sp³-hybridized carbons (Fsp3) is 0.409. The zero-order chi connectivity index (χ0) is 26.2. The lowest BCUT2D eigenvalue weighted by Crippen LogP contribution is -2.55. The molecule has 3 rings (SSSR count). The Morgan fingerprint density at radius 1 is 1.20 bits per heavy atom. The van der Waals surface area contributed by atoms with Crippen molar-refractivity contribution in [1.29, 1.82) is 0 Å². The van der Waals surface area contributed by atoms with E-state index in [1.54, 1.807) is 0 Å². The lowest BCUT2D eigenvalue weighted by Gasteiger charge is -2.38. The number of alkyl halides is 3. The van der Waals surface area contributed by atoms with E-state index in [0.29, 0.717) is 0 Å². The lowest BCUT2D eigenvalue weighted by atomic mass is 9.91. The molecule has 0 fully saturated rings. The smallest absolute Gasteiger partial charge is 0.392 e. The van der Waals surface area contributed by atoms with Gasteiger partial charge in [-0.15, -0.1) is 0 Å². The number of sulfone groups is 1. The Morgan fingerprint density at radius 3 is 2.46 bits per heavy atom. The van der Waals surface area contributed by atoms with Crippen LogP contribution in [0.5, 0.6) is 5.88 Å². The summed E-state index contributed by atoms with van der Waals surface area (Å²) in [7, 11) is -3.79. The van der Waals surface area contributed by atoms with Gasteiger partial charge in [0.05, 0.1) is 31.2 Å². The first-order valence-corrected chi connectivity index (χ1v) is 12.0. The van der Waals surface area contributed by atoms with Gasteiger partial charge in [0.15, 0.2) is 15.7 Å². The largest absolute Gasteiger partial charge is 0.476 e. The van der Waals surface area contributed by atoms with Gasteiger partial charge in [-0.1, -0.05) is 6.07 Å². The van der Waals surface area contributed by atoms with Gasteiger partial charge in [0.2, 0.25) is 5.88 Å². The van der Waals surface area contributed by atoms with Gasteiger partial charge in [-0.2, -0.15) is 13.2 Å². The Bertz CT molecular complexity index is 1270. The zero-order valence-corrected chi connectivity index (χ0v) is 19.8. The average Bonchev–Trinajstić information content (AvgIpc) is 2.73. The van der Waals surface area contributed by atoms with E-state index in [2.05, 4.69) is 15.0 Å². The molecule has 7 nitrogen and oxygen atoms in total. The van der Waals surface area contributed by atoms with Crippen molar-refractivity contribution >= 4 is 27.6 Å². The van der Waals surface area contributed by atoms with Gasteiger partial charge in [0.1, 0.15) is 27.6 Å². The number of hydrogen-bond acceptors (Lipinski definition) is 7. The summed E-state index contributed by atoms with van der Waals surface area (Å²) in [5, 5.41) is 0. The number of aliphatic imine (C=N–C) groups is 1. The molecule has 1 aromatic heterocycles.